The van der Waals surface area contributed by atoms with E-state index in [9.17, 15) is 5.11 Å². The third kappa shape index (κ3) is 6.31. The molecule has 0 spiro atoms. The number of rotatable bonds is 7. The van der Waals surface area contributed by atoms with Crippen molar-refractivity contribution in [3.8, 4) is 0 Å². The van der Waals surface area contributed by atoms with Gasteiger partial charge < -0.3 is 9.84 Å². The van der Waals surface area contributed by atoms with E-state index in [-0.39, 0.29) is 6.10 Å². The number of nitrogens with zero attached hydrogens (tertiary/aromatic N) is 2. The molecule has 0 saturated carbocycles. The van der Waals surface area contributed by atoms with E-state index in [0.717, 1.165) is 12.1 Å². The van der Waals surface area contributed by atoms with Crippen LogP contribution in [0.2, 0.25) is 5.15 Å². The third-order valence-corrected chi connectivity index (χ3v) is 2.61. The fourth-order valence-electron chi connectivity index (χ4n) is 1.59. The van der Waals surface area contributed by atoms with Gasteiger partial charge >= 0.3 is 0 Å². The van der Waals surface area contributed by atoms with Gasteiger partial charge in [0.1, 0.15) is 5.15 Å². The molecule has 1 aromatic heterocycles. The Morgan fingerprint density at radius 3 is 2.72 bits per heavy atom. The van der Waals surface area contributed by atoms with Crippen LogP contribution in [0.4, 0.5) is 0 Å². The Hall–Kier alpha value is -0.680. The van der Waals surface area contributed by atoms with Crippen molar-refractivity contribution in [3.63, 3.8) is 0 Å². The average Bonchev–Trinajstić information content (AvgIpc) is 2.29. The van der Waals surface area contributed by atoms with Gasteiger partial charge in [-0.05, 0) is 32.5 Å². The largest absolute Gasteiger partial charge is 0.389 e. The van der Waals surface area contributed by atoms with Gasteiger partial charge in [0.25, 0.3) is 0 Å². The molecule has 0 aromatic carbocycles. The Kier molecular flexibility index (Phi) is 6.57. The molecule has 1 heterocycles. The van der Waals surface area contributed by atoms with Gasteiger partial charge in [-0.1, -0.05) is 17.7 Å². The van der Waals surface area contributed by atoms with Crippen LogP contribution in [0, 0.1) is 0 Å². The van der Waals surface area contributed by atoms with Crippen molar-refractivity contribution >= 4 is 11.6 Å². The summed E-state index contributed by atoms with van der Waals surface area (Å²) in [6.45, 7) is 5.56. The van der Waals surface area contributed by atoms with Crippen LogP contribution in [-0.2, 0) is 11.3 Å². The summed E-state index contributed by atoms with van der Waals surface area (Å²) in [5, 5.41) is 10.3. The molecule has 1 N–H and O–H groups in total. The van der Waals surface area contributed by atoms with Gasteiger partial charge in [-0.2, -0.15) is 0 Å². The molecular formula is C13H21ClN2O2. The van der Waals surface area contributed by atoms with E-state index in [1.807, 2.05) is 31.9 Å². The van der Waals surface area contributed by atoms with Crippen molar-refractivity contribution in [1.82, 2.24) is 9.88 Å². The minimum Gasteiger partial charge on any atom is -0.389 e. The Morgan fingerprint density at radius 2 is 2.17 bits per heavy atom. The summed E-state index contributed by atoms with van der Waals surface area (Å²) in [5.41, 5.74) is 1.07. The molecule has 0 aliphatic carbocycles. The molecule has 1 unspecified atom stereocenters. The van der Waals surface area contributed by atoms with E-state index in [2.05, 4.69) is 4.98 Å². The lowest BCUT2D eigenvalue weighted by Crippen LogP contribution is -2.32. The number of hydrogen-bond donors (Lipinski definition) is 1. The molecule has 4 nitrogen and oxygen atoms in total. The fraction of sp³-hybridized carbons (Fsp3) is 0.615. The maximum atomic E-state index is 9.79. The topological polar surface area (TPSA) is 45.6 Å². The maximum Gasteiger partial charge on any atom is 0.129 e. The first-order valence-corrected chi connectivity index (χ1v) is 6.44. The van der Waals surface area contributed by atoms with Gasteiger partial charge in [0.05, 0.1) is 18.8 Å². The summed E-state index contributed by atoms with van der Waals surface area (Å²) in [5.74, 6) is 0. The summed E-state index contributed by atoms with van der Waals surface area (Å²) >= 11 is 5.72. The summed E-state index contributed by atoms with van der Waals surface area (Å²) in [4.78, 5) is 6.05. The van der Waals surface area contributed by atoms with Gasteiger partial charge in [-0.15, -0.1) is 0 Å². The monoisotopic (exact) mass is 272 g/mol. The van der Waals surface area contributed by atoms with E-state index in [4.69, 9.17) is 16.3 Å². The number of aliphatic hydroxyl groups is 1. The first kappa shape index (κ1) is 15.4. The van der Waals surface area contributed by atoms with Gasteiger partial charge in [0.2, 0.25) is 0 Å². The van der Waals surface area contributed by atoms with E-state index < -0.39 is 6.10 Å². The van der Waals surface area contributed by atoms with Crippen LogP contribution in [0.1, 0.15) is 19.4 Å². The zero-order valence-electron chi connectivity index (χ0n) is 11.1. The quantitative estimate of drug-likeness (QED) is 0.771. The average molecular weight is 273 g/mol. The normalized spacial score (nSPS) is 13.3. The predicted octanol–water partition coefficient (Wildman–Crippen LogP) is 1.95. The van der Waals surface area contributed by atoms with Crippen LogP contribution >= 0.6 is 11.6 Å². The van der Waals surface area contributed by atoms with Crippen molar-refractivity contribution in [2.24, 2.45) is 0 Å². The molecule has 0 aliphatic rings. The highest BCUT2D eigenvalue weighted by Crippen LogP contribution is 2.07. The fourth-order valence-corrected chi connectivity index (χ4v) is 1.70. The number of halogens is 1. The smallest absolute Gasteiger partial charge is 0.129 e. The molecule has 5 heteroatoms. The molecule has 18 heavy (non-hydrogen) atoms. The van der Waals surface area contributed by atoms with Crippen molar-refractivity contribution in [2.75, 3.05) is 20.2 Å². The SMILES string of the molecule is CC(C)OCC(O)CN(C)Cc1ccc(Cl)nc1. The third-order valence-electron chi connectivity index (χ3n) is 2.39. The standard InChI is InChI=1S/C13H21ClN2O2/c1-10(2)18-9-12(17)8-16(3)7-11-4-5-13(14)15-6-11/h4-6,10,12,17H,7-9H2,1-3H3. The summed E-state index contributed by atoms with van der Waals surface area (Å²) < 4.78 is 5.36. The Morgan fingerprint density at radius 1 is 1.44 bits per heavy atom. The van der Waals surface area contributed by atoms with Crippen LogP contribution in [0.5, 0.6) is 0 Å². The zero-order valence-corrected chi connectivity index (χ0v) is 11.9. The molecule has 102 valence electrons. The summed E-state index contributed by atoms with van der Waals surface area (Å²) in [7, 11) is 1.95. The molecule has 0 radical (unpaired) electrons. The number of pyridine rings is 1. The lowest BCUT2D eigenvalue weighted by atomic mass is 10.2. The van der Waals surface area contributed by atoms with Crippen molar-refractivity contribution in [3.05, 3.63) is 29.0 Å². The molecule has 0 fully saturated rings. The van der Waals surface area contributed by atoms with E-state index >= 15 is 0 Å². The van der Waals surface area contributed by atoms with Gasteiger partial charge in [0.15, 0.2) is 0 Å². The second-order valence-corrected chi connectivity index (χ2v) is 5.11. The first-order chi connectivity index (χ1) is 8.47. The number of aliphatic hydroxyl groups excluding tert-OH is 1. The number of hydrogen-bond acceptors (Lipinski definition) is 4. The lowest BCUT2D eigenvalue weighted by Gasteiger charge is -2.21. The highest BCUT2D eigenvalue weighted by Gasteiger charge is 2.10. The van der Waals surface area contributed by atoms with Crippen molar-refractivity contribution < 1.29 is 9.84 Å². The van der Waals surface area contributed by atoms with Crippen LogP contribution in [0.3, 0.4) is 0 Å². The molecule has 0 aliphatic heterocycles. The van der Waals surface area contributed by atoms with E-state index in [1.165, 1.54) is 0 Å². The predicted molar refractivity (Wildman–Crippen MR) is 72.7 cm³/mol. The molecule has 1 aromatic rings. The Labute approximate surface area is 114 Å². The summed E-state index contributed by atoms with van der Waals surface area (Å²) in [6.07, 6.45) is 1.42. The van der Waals surface area contributed by atoms with Gasteiger partial charge in [-0.3, -0.25) is 4.90 Å². The molecule has 0 amide bonds. The minimum atomic E-state index is -0.474. The Bertz CT molecular complexity index is 343. The molecule has 0 bridgehead atoms. The number of ether oxygens (including phenoxy) is 1. The minimum absolute atomic E-state index is 0.144. The number of aromatic nitrogens is 1. The number of likely N-dealkylation sites (N-methyl/N-ethyl adjacent to an activating group) is 1. The molecule has 1 rings (SSSR count). The maximum absolute atomic E-state index is 9.79. The van der Waals surface area contributed by atoms with Crippen LogP contribution in [-0.4, -0.2) is 47.4 Å². The lowest BCUT2D eigenvalue weighted by molar-refractivity contribution is -0.00635. The van der Waals surface area contributed by atoms with Crippen LogP contribution in [0.15, 0.2) is 18.3 Å². The summed E-state index contributed by atoms with van der Waals surface area (Å²) in [6, 6.07) is 3.70. The van der Waals surface area contributed by atoms with Crippen molar-refractivity contribution in [1.29, 1.82) is 0 Å². The first-order valence-electron chi connectivity index (χ1n) is 6.06. The second kappa shape index (κ2) is 7.69. The highest BCUT2D eigenvalue weighted by atomic mass is 35.5. The van der Waals surface area contributed by atoms with Gasteiger partial charge in [0, 0.05) is 19.3 Å². The van der Waals surface area contributed by atoms with E-state index in [1.54, 1.807) is 12.3 Å². The van der Waals surface area contributed by atoms with Gasteiger partial charge in [-0.25, -0.2) is 4.98 Å². The molecule has 1 atom stereocenters. The Balaban J connectivity index is 2.32. The van der Waals surface area contributed by atoms with Crippen LogP contribution in [0.25, 0.3) is 0 Å². The van der Waals surface area contributed by atoms with Crippen LogP contribution < -0.4 is 0 Å². The molecular weight excluding hydrogens is 252 g/mol. The second-order valence-electron chi connectivity index (χ2n) is 4.72. The van der Waals surface area contributed by atoms with Crippen molar-refractivity contribution in [2.45, 2.75) is 32.6 Å². The highest BCUT2D eigenvalue weighted by molar-refractivity contribution is 6.29. The van der Waals surface area contributed by atoms with E-state index in [0.29, 0.717) is 18.3 Å². The molecule has 0 saturated heterocycles. The zero-order chi connectivity index (χ0) is 13.5.